The average molecular weight is 304 g/mol. The van der Waals surface area contributed by atoms with Crippen molar-refractivity contribution >= 4 is 5.91 Å². The Balaban J connectivity index is 2.24. The minimum atomic E-state index is -0.342. The van der Waals surface area contributed by atoms with Gasteiger partial charge in [-0.2, -0.15) is 0 Å². The monoisotopic (exact) mass is 304 g/mol. The van der Waals surface area contributed by atoms with E-state index in [0.717, 1.165) is 11.1 Å². The van der Waals surface area contributed by atoms with Crippen LogP contribution in [0.3, 0.4) is 0 Å². The Morgan fingerprint density at radius 1 is 1.36 bits per heavy atom. The number of pyridine rings is 1. The van der Waals surface area contributed by atoms with Crippen LogP contribution in [0.5, 0.6) is 5.75 Å². The van der Waals surface area contributed by atoms with Gasteiger partial charge < -0.3 is 14.6 Å². The number of ether oxygens (including phenoxy) is 1. The molecule has 1 amide bonds. The summed E-state index contributed by atoms with van der Waals surface area (Å²) < 4.78 is 18.2. The zero-order chi connectivity index (χ0) is 16.3. The van der Waals surface area contributed by atoms with Gasteiger partial charge in [-0.3, -0.25) is 9.59 Å². The van der Waals surface area contributed by atoms with Crippen LogP contribution < -0.4 is 10.3 Å². The van der Waals surface area contributed by atoms with Crippen molar-refractivity contribution < 1.29 is 13.9 Å². The molecule has 0 spiro atoms. The van der Waals surface area contributed by atoms with Gasteiger partial charge in [-0.1, -0.05) is 6.07 Å². The third kappa shape index (κ3) is 3.33. The second-order valence-electron chi connectivity index (χ2n) is 5.01. The molecule has 0 unspecified atom stereocenters. The number of rotatable bonds is 4. The summed E-state index contributed by atoms with van der Waals surface area (Å²) in [6.45, 7) is 2.12. The van der Waals surface area contributed by atoms with Crippen LogP contribution in [-0.4, -0.2) is 29.9 Å². The predicted octanol–water partition coefficient (Wildman–Crippen LogP) is 2.10. The Labute approximate surface area is 127 Å². The van der Waals surface area contributed by atoms with Gasteiger partial charge in [0.15, 0.2) is 0 Å². The highest BCUT2D eigenvalue weighted by Gasteiger charge is 2.18. The third-order valence-electron chi connectivity index (χ3n) is 3.40. The topological polar surface area (TPSA) is 62.4 Å². The maximum absolute atomic E-state index is 13.1. The smallest absolute Gasteiger partial charge is 0.259 e. The molecule has 0 aliphatic heterocycles. The molecule has 1 aromatic heterocycles. The van der Waals surface area contributed by atoms with Crippen molar-refractivity contribution in [2.45, 2.75) is 13.5 Å². The Hall–Kier alpha value is -2.63. The fourth-order valence-corrected chi connectivity index (χ4v) is 2.16. The van der Waals surface area contributed by atoms with Crippen molar-refractivity contribution in [2.24, 2.45) is 0 Å². The number of amides is 1. The number of hydrogen-bond acceptors (Lipinski definition) is 3. The van der Waals surface area contributed by atoms with Crippen LogP contribution in [0.15, 0.2) is 35.3 Å². The number of methoxy groups -OCH3 is 1. The van der Waals surface area contributed by atoms with E-state index in [0.29, 0.717) is 6.54 Å². The number of carbonyl (C=O) groups excluding carboxylic acids is 1. The number of halogens is 1. The van der Waals surface area contributed by atoms with Crippen molar-refractivity contribution in [3.8, 4) is 5.75 Å². The molecule has 0 saturated carbocycles. The van der Waals surface area contributed by atoms with Crippen molar-refractivity contribution in [2.75, 3.05) is 14.2 Å². The normalized spacial score (nSPS) is 10.4. The molecular weight excluding hydrogens is 287 g/mol. The van der Waals surface area contributed by atoms with Crippen LogP contribution in [-0.2, 0) is 6.54 Å². The SMILES string of the molecule is COc1cc(=O)[nH]cc1C(=O)N(C)Cc1ccc(F)cc1C. The first-order valence-corrected chi connectivity index (χ1v) is 6.69. The number of aryl methyl sites for hydroxylation is 1. The molecule has 5 nitrogen and oxygen atoms in total. The molecule has 1 heterocycles. The van der Waals surface area contributed by atoms with E-state index in [9.17, 15) is 14.0 Å². The van der Waals surface area contributed by atoms with Gasteiger partial charge in [0.25, 0.3) is 11.5 Å². The first-order valence-electron chi connectivity index (χ1n) is 6.69. The van der Waals surface area contributed by atoms with E-state index in [-0.39, 0.29) is 28.6 Å². The van der Waals surface area contributed by atoms with Crippen LogP contribution in [0.4, 0.5) is 4.39 Å². The van der Waals surface area contributed by atoms with E-state index < -0.39 is 0 Å². The molecule has 0 aliphatic carbocycles. The number of carbonyl (C=O) groups is 1. The molecule has 116 valence electrons. The van der Waals surface area contributed by atoms with Gasteiger partial charge in [0.1, 0.15) is 11.6 Å². The Morgan fingerprint density at radius 2 is 2.09 bits per heavy atom. The van der Waals surface area contributed by atoms with Crippen LogP contribution in [0.25, 0.3) is 0 Å². The molecule has 0 atom stereocenters. The maximum atomic E-state index is 13.1. The number of nitrogens with zero attached hydrogens (tertiary/aromatic N) is 1. The van der Waals surface area contributed by atoms with Gasteiger partial charge in [0.2, 0.25) is 0 Å². The van der Waals surface area contributed by atoms with Gasteiger partial charge in [0, 0.05) is 25.9 Å². The lowest BCUT2D eigenvalue weighted by Gasteiger charge is -2.19. The van der Waals surface area contributed by atoms with E-state index in [2.05, 4.69) is 4.98 Å². The molecule has 1 N–H and O–H groups in total. The lowest BCUT2D eigenvalue weighted by atomic mass is 10.1. The van der Waals surface area contributed by atoms with Crippen LogP contribution in [0.1, 0.15) is 21.5 Å². The fourth-order valence-electron chi connectivity index (χ4n) is 2.16. The predicted molar refractivity (Wildman–Crippen MR) is 80.5 cm³/mol. The summed E-state index contributed by atoms with van der Waals surface area (Å²) in [4.78, 5) is 27.7. The summed E-state index contributed by atoms with van der Waals surface area (Å²) >= 11 is 0. The first-order chi connectivity index (χ1) is 10.4. The molecule has 2 aromatic rings. The zero-order valence-electron chi connectivity index (χ0n) is 12.6. The second kappa shape index (κ2) is 6.43. The van der Waals surface area contributed by atoms with Gasteiger partial charge in [-0.05, 0) is 30.2 Å². The Bertz CT molecular complexity index is 755. The third-order valence-corrected chi connectivity index (χ3v) is 3.40. The lowest BCUT2D eigenvalue weighted by Crippen LogP contribution is -2.27. The van der Waals surface area contributed by atoms with Gasteiger partial charge in [-0.15, -0.1) is 0 Å². The van der Waals surface area contributed by atoms with E-state index in [1.165, 1.54) is 36.4 Å². The molecule has 2 rings (SSSR count). The van der Waals surface area contributed by atoms with Gasteiger partial charge >= 0.3 is 0 Å². The summed E-state index contributed by atoms with van der Waals surface area (Å²) in [5.74, 6) is -0.384. The average Bonchev–Trinajstić information content (AvgIpc) is 2.49. The Morgan fingerprint density at radius 3 is 2.73 bits per heavy atom. The minimum Gasteiger partial charge on any atom is -0.496 e. The van der Waals surface area contributed by atoms with E-state index in [1.54, 1.807) is 20.0 Å². The molecule has 6 heteroatoms. The largest absolute Gasteiger partial charge is 0.496 e. The molecule has 1 aromatic carbocycles. The summed E-state index contributed by atoms with van der Waals surface area (Å²) in [7, 11) is 3.03. The zero-order valence-corrected chi connectivity index (χ0v) is 12.6. The van der Waals surface area contributed by atoms with Crippen molar-refractivity contribution in [3.63, 3.8) is 0 Å². The summed E-state index contributed by atoms with van der Waals surface area (Å²) in [5, 5.41) is 0. The highest BCUT2D eigenvalue weighted by Crippen LogP contribution is 2.18. The first kappa shape index (κ1) is 15.8. The van der Waals surface area contributed by atoms with Crippen LogP contribution in [0.2, 0.25) is 0 Å². The van der Waals surface area contributed by atoms with E-state index >= 15 is 0 Å². The van der Waals surface area contributed by atoms with E-state index in [4.69, 9.17) is 4.74 Å². The summed E-state index contributed by atoms with van der Waals surface area (Å²) in [6.07, 6.45) is 1.33. The molecule has 0 saturated heterocycles. The molecule has 0 bridgehead atoms. The minimum absolute atomic E-state index is 0.219. The number of H-pyrrole nitrogens is 1. The van der Waals surface area contributed by atoms with Gasteiger partial charge in [0.05, 0.1) is 12.7 Å². The molecule has 0 aliphatic rings. The van der Waals surface area contributed by atoms with Crippen molar-refractivity contribution in [1.82, 2.24) is 9.88 Å². The molecule has 22 heavy (non-hydrogen) atoms. The number of aromatic nitrogens is 1. The molecule has 0 radical (unpaired) electrons. The maximum Gasteiger partial charge on any atom is 0.259 e. The number of aromatic amines is 1. The Kier molecular flexibility index (Phi) is 4.60. The highest BCUT2D eigenvalue weighted by atomic mass is 19.1. The standard InChI is InChI=1S/C16H17FN2O3/c1-10-6-12(17)5-4-11(10)9-19(2)16(21)13-8-18-15(20)7-14(13)22-3/h4-8H,9H2,1-3H3,(H,18,20). The van der Waals surface area contributed by atoms with Crippen molar-refractivity contribution in [3.05, 3.63) is 63.3 Å². The number of hydrogen-bond donors (Lipinski definition) is 1. The fraction of sp³-hybridized carbons (Fsp3) is 0.250. The van der Waals surface area contributed by atoms with Crippen LogP contribution >= 0.6 is 0 Å². The quantitative estimate of drug-likeness (QED) is 0.941. The number of benzene rings is 1. The summed E-state index contributed by atoms with van der Waals surface area (Å²) in [5.41, 5.74) is 1.54. The molecular formula is C16H17FN2O3. The van der Waals surface area contributed by atoms with Crippen LogP contribution in [0, 0.1) is 12.7 Å². The summed E-state index contributed by atoms with van der Waals surface area (Å²) in [6, 6.07) is 5.66. The highest BCUT2D eigenvalue weighted by molar-refractivity contribution is 5.96. The second-order valence-corrected chi connectivity index (χ2v) is 5.01. The van der Waals surface area contributed by atoms with E-state index in [1.807, 2.05) is 0 Å². The molecule has 0 fully saturated rings. The number of nitrogens with one attached hydrogen (secondary N) is 1. The van der Waals surface area contributed by atoms with Gasteiger partial charge in [-0.25, -0.2) is 4.39 Å². The van der Waals surface area contributed by atoms with Crippen molar-refractivity contribution in [1.29, 1.82) is 0 Å². The lowest BCUT2D eigenvalue weighted by molar-refractivity contribution is 0.0781.